The first kappa shape index (κ1) is 20.7. The third kappa shape index (κ3) is 6.25. The SMILES string of the molecule is CC(c1ccc(OCCN)cc1)C(NC(C)(C)C)C(=O)C(C)(C)C. The normalized spacial score (nSPS) is 15.0. The Morgan fingerprint density at radius 3 is 2.08 bits per heavy atom. The molecular weight excluding hydrogens is 300 g/mol. The van der Waals surface area contributed by atoms with Gasteiger partial charge in [0.05, 0.1) is 6.04 Å². The summed E-state index contributed by atoms with van der Waals surface area (Å²) >= 11 is 0. The first-order valence-corrected chi connectivity index (χ1v) is 8.70. The van der Waals surface area contributed by atoms with Gasteiger partial charge in [-0.05, 0) is 38.5 Å². The number of carbonyl (C=O) groups is 1. The Hall–Kier alpha value is -1.39. The van der Waals surface area contributed by atoms with Crippen LogP contribution in [0.15, 0.2) is 24.3 Å². The van der Waals surface area contributed by atoms with Crippen LogP contribution in [0.3, 0.4) is 0 Å². The van der Waals surface area contributed by atoms with Crippen molar-refractivity contribution in [2.24, 2.45) is 11.1 Å². The molecule has 0 aliphatic rings. The van der Waals surface area contributed by atoms with Crippen LogP contribution < -0.4 is 15.8 Å². The molecule has 0 aromatic heterocycles. The zero-order valence-corrected chi connectivity index (χ0v) is 16.3. The molecule has 0 saturated heterocycles. The molecule has 3 N–H and O–H groups in total. The lowest BCUT2D eigenvalue weighted by Crippen LogP contribution is -2.53. The maximum atomic E-state index is 13.0. The van der Waals surface area contributed by atoms with E-state index in [4.69, 9.17) is 10.5 Å². The van der Waals surface area contributed by atoms with E-state index in [2.05, 4.69) is 33.0 Å². The Morgan fingerprint density at radius 2 is 1.67 bits per heavy atom. The molecule has 0 saturated carbocycles. The number of carbonyl (C=O) groups excluding carboxylic acids is 1. The molecule has 1 aromatic rings. The van der Waals surface area contributed by atoms with E-state index in [1.807, 2.05) is 45.0 Å². The molecule has 0 bridgehead atoms. The number of hydrogen-bond donors (Lipinski definition) is 2. The fourth-order valence-electron chi connectivity index (χ4n) is 2.59. The Balaban J connectivity index is 3.02. The number of ether oxygens (including phenoxy) is 1. The standard InChI is InChI=1S/C20H34N2O2/c1-14(15-8-10-16(11-9-15)24-13-12-21)17(22-20(5,6)7)18(23)19(2,3)4/h8-11,14,17,22H,12-13,21H2,1-7H3. The molecule has 0 fully saturated rings. The maximum Gasteiger partial charge on any atom is 0.155 e. The molecule has 4 heteroatoms. The average Bonchev–Trinajstić information content (AvgIpc) is 2.48. The van der Waals surface area contributed by atoms with Crippen molar-refractivity contribution in [1.29, 1.82) is 0 Å². The van der Waals surface area contributed by atoms with Crippen LogP contribution in [0.1, 0.15) is 59.9 Å². The highest BCUT2D eigenvalue weighted by molar-refractivity contribution is 5.89. The third-order valence-electron chi connectivity index (χ3n) is 3.90. The van der Waals surface area contributed by atoms with Gasteiger partial charge in [-0.1, -0.05) is 39.8 Å². The smallest absolute Gasteiger partial charge is 0.155 e. The van der Waals surface area contributed by atoms with Crippen LogP contribution in [-0.2, 0) is 4.79 Å². The van der Waals surface area contributed by atoms with Crippen molar-refractivity contribution in [3.63, 3.8) is 0 Å². The summed E-state index contributed by atoms with van der Waals surface area (Å²) in [5.74, 6) is 1.10. The molecule has 0 amide bonds. The van der Waals surface area contributed by atoms with Crippen molar-refractivity contribution in [1.82, 2.24) is 5.32 Å². The summed E-state index contributed by atoms with van der Waals surface area (Å²) in [7, 11) is 0. The second-order valence-corrected chi connectivity index (χ2v) is 8.48. The van der Waals surface area contributed by atoms with Crippen LogP contribution >= 0.6 is 0 Å². The van der Waals surface area contributed by atoms with Crippen molar-refractivity contribution < 1.29 is 9.53 Å². The predicted molar refractivity (Wildman–Crippen MR) is 101 cm³/mol. The lowest BCUT2D eigenvalue weighted by Gasteiger charge is -2.35. The number of hydrogen-bond acceptors (Lipinski definition) is 4. The molecule has 0 aliphatic carbocycles. The van der Waals surface area contributed by atoms with E-state index >= 15 is 0 Å². The minimum atomic E-state index is -0.388. The summed E-state index contributed by atoms with van der Waals surface area (Å²) < 4.78 is 5.53. The minimum absolute atomic E-state index is 0.0690. The van der Waals surface area contributed by atoms with E-state index in [1.165, 1.54) is 0 Å². The van der Waals surface area contributed by atoms with Gasteiger partial charge in [-0.3, -0.25) is 4.79 Å². The van der Waals surface area contributed by atoms with Crippen LogP contribution in [0.2, 0.25) is 0 Å². The maximum absolute atomic E-state index is 13.0. The zero-order valence-electron chi connectivity index (χ0n) is 16.3. The van der Waals surface area contributed by atoms with Crippen LogP contribution in [-0.4, -0.2) is 30.5 Å². The van der Waals surface area contributed by atoms with E-state index in [0.29, 0.717) is 13.2 Å². The molecule has 0 spiro atoms. The van der Waals surface area contributed by atoms with E-state index in [1.54, 1.807) is 0 Å². The van der Waals surface area contributed by atoms with Crippen molar-refractivity contribution in [2.45, 2.75) is 66.0 Å². The van der Waals surface area contributed by atoms with Gasteiger partial charge in [0, 0.05) is 23.4 Å². The molecule has 136 valence electrons. The molecular formula is C20H34N2O2. The number of nitrogens with two attached hydrogens (primary N) is 1. The van der Waals surface area contributed by atoms with Gasteiger partial charge in [-0.15, -0.1) is 0 Å². The van der Waals surface area contributed by atoms with Crippen LogP contribution in [0.5, 0.6) is 5.75 Å². The summed E-state index contributed by atoms with van der Waals surface area (Å²) in [4.78, 5) is 13.0. The quantitative estimate of drug-likeness (QED) is 0.801. The van der Waals surface area contributed by atoms with Crippen LogP contribution in [0, 0.1) is 5.41 Å². The molecule has 0 radical (unpaired) electrons. The lowest BCUT2D eigenvalue weighted by atomic mass is 9.79. The molecule has 24 heavy (non-hydrogen) atoms. The van der Waals surface area contributed by atoms with Gasteiger partial charge < -0.3 is 15.8 Å². The predicted octanol–water partition coefficient (Wildman–Crippen LogP) is 3.50. The van der Waals surface area contributed by atoms with Gasteiger partial charge in [0.25, 0.3) is 0 Å². The fraction of sp³-hybridized carbons (Fsp3) is 0.650. The van der Waals surface area contributed by atoms with E-state index in [-0.39, 0.29) is 28.7 Å². The fourth-order valence-corrected chi connectivity index (χ4v) is 2.59. The van der Waals surface area contributed by atoms with Crippen molar-refractivity contribution in [2.75, 3.05) is 13.2 Å². The molecule has 1 aromatic carbocycles. The highest BCUT2D eigenvalue weighted by Gasteiger charge is 2.35. The number of ketones is 1. The van der Waals surface area contributed by atoms with E-state index < -0.39 is 0 Å². The Labute approximate surface area is 147 Å². The van der Waals surface area contributed by atoms with E-state index in [9.17, 15) is 4.79 Å². The van der Waals surface area contributed by atoms with Crippen LogP contribution in [0.4, 0.5) is 0 Å². The van der Waals surface area contributed by atoms with Crippen LogP contribution in [0.25, 0.3) is 0 Å². The van der Waals surface area contributed by atoms with E-state index in [0.717, 1.165) is 11.3 Å². The third-order valence-corrected chi connectivity index (χ3v) is 3.90. The first-order chi connectivity index (χ1) is 11.0. The second kappa shape index (κ2) is 8.13. The second-order valence-electron chi connectivity index (χ2n) is 8.48. The number of Topliss-reactive ketones (excluding diaryl/α,β-unsaturated/α-hetero) is 1. The van der Waals surface area contributed by atoms with Gasteiger partial charge in [0.2, 0.25) is 0 Å². The zero-order chi connectivity index (χ0) is 18.5. The topological polar surface area (TPSA) is 64.3 Å². The van der Waals surface area contributed by atoms with Gasteiger partial charge >= 0.3 is 0 Å². The Morgan fingerprint density at radius 1 is 1.12 bits per heavy atom. The number of benzene rings is 1. The number of rotatable bonds is 7. The highest BCUT2D eigenvalue weighted by Crippen LogP contribution is 2.29. The summed E-state index contributed by atoms with van der Waals surface area (Å²) in [6.07, 6.45) is 0. The summed E-state index contributed by atoms with van der Waals surface area (Å²) in [5.41, 5.74) is 6.05. The number of nitrogens with one attached hydrogen (secondary N) is 1. The Kier molecular flexibility index (Phi) is 6.99. The average molecular weight is 335 g/mol. The van der Waals surface area contributed by atoms with Gasteiger partial charge in [0.1, 0.15) is 12.4 Å². The minimum Gasteiger partial charge on any atom is -0.492 e. The summed E-state index contributed by atoms with van der Waals surface area (Å²) in [6, 6.07) is 7.71. The van der Waals surface area contributed by atoms with Crippen molar-refractivity contribution >= 4 is 5.78 Å². The Bertz CT molecular complexity index is 524. The summed E-state index contributed by atoms with van der Waals surface area (Å²) in [6.45, 7) is 15.3. The van der Waals surface area contributed by atoms with Gasteiger partial charge in [-0.25, -0.2) is 0 Å². The summed E-state index contributed by atoms with van der Waals surface area (Å²) in [5, 5.41) is 3.51. The van der Waals surface area contributed by atoms with Crippen molar-refractivity contribution in [3.05, 3.63) is 29.8 Å². The largest absolute Gasteiger partial charge is 0.492 e. The van der Waals surface area contributed by atoms with Gasteiger partial charge in [-0.2, -0.15) is 0 Å². The van der Waals surface area contributed by atoms with Crippen molar-refractivity contribution in [3.8, 4) is 5.75 Å². The van der Waals surface area contributed by atoms with Gasteiger partial charge in [0.15, 0.2) is 5.78 Å². The molecule has 0 aliphatic heterocycles. The lowest BCUT2D eigenvalue weighted by molar-refractivity contribution is -0.129. The highest BCUT2D eigenvalue weighted by atomic mass is 16.5. The molecule has 1 rings (SSSR count). The molecule has 2 atom stereocenters. The first-order valence-electron chi connectivity index (χ1n) is 8.70. The molecule has 2 unspecified atom stereocenters. The monoisotopic (exact) mass is 334 g/mol. The molecule has 4 nitrogen and oxygen atoms in total. The molecule has 0 heterocycles.